The SMILES string of the molecule is CCc1sc2ncn(CC(C)=O)c(=O)c2c1-c1ccc(Br)cc1. The average Bonchev–Trinajstić information content (AvgIpc) is 2.90. The summed E-state index contributed by atoms with van der Waals surface area (Å²) in [4.78, 5) is 30.4. The van der Waals surface area contributed by atoms with Gasteiger partial charge in [0.1, 0.15) is 10.6 Å². The van der Waals surface area contributed by atoms with Crippen LogP contribution in [0.2, 0.25) is 0 Å². The molecule has 0 bridgehead atoms. The number of carbonyl (C=O) groups is 1. The van der Waals surface area contributed by atoms with Crippen LogP contribution < -0.4 is 5.56 Å². The Hall–Kier alpha value is -1.79. The molecule has 118 valence electrons. The third kappa shape index (κ3) is 3.01. The summed E-state index contributed by atoms with van der Waals surface area (Å²) in [5.74, 6) is -0.0654. The van der Waals surface area contributed by atoms with E-state index in [1.54, 1.807) is 11.3 Å². The summed E-state index contributed by atoms with van der Waals surface area (Å²) in [6.07, 6.45) is 2.30. The molecule has 0 saturated carbocycles. The van der Waals surface area contributed by atoms with E-state index in [0.29, 0.717) is 5.39 Å². The summed E-state index contributed by atoms with van der Waals surface area (Å²) >= 11 is 4.98. The fraction of sp³-hybridized carbons (Fsp3) is 0.235. The summed E-state index contributed by atoms with van der Waals surface area (Å²) in [6.45, 7) is 3.59. The van der Waals surface area contributed by atoms with Crippen LogP contribution in [0.1, 0.15) is 18.7 Å². The number of aromatic nitrogens is 2. The number of hydrogen-bond acceptors (Lipinski definition) is 4. The summed E-state index contributed by atoms with van der Waals surface area (Å²) in [5.41, 5.74) is 1.78. The van der Waals surface area contributed by atoms with Gasteiger partial charge >= 0.3 is 0 Å². The predicted molar refractivity (Wildman–Crippen MR) is 97.1 cm³/mol. The number of benzene rings is 1. The molecule has 2 aromatic heterocycles. The maximum Gasteiger partial charge on any atom is 0.263 e. The van der Waals surface area contributed by atoms with Gasteiger partial charge in [-0.2, -0.15) is 0 Å². The second kappa shape index (κ2) is 6.37. The van der Waals surface area contributed by atoms with Crippen LogP contribution in [0.5, 0.6) is 0 Å². The van der Waals surface area contributed by atoms with Crippen molar-refractivity contribution < 1.29 is 4.79 Å². The maximum atomic E-state index is 12.8. The number of aryl methyl sites for hydroxylation is 1. The van der Waals surface area contributed by atoms with Gasteiger partial charge in [-0.05, 0) is 31.0 Å². The molecule has 0 aliphatic carbocycles. The number of ketones is 1. The van der Waals surface area contributed by atoms with Crippen LogP contribution >= 0.6 is 27.3 Å². The average molecular weight is 391 g/mol. The molecule has 0 atom stereocenters. The fourth-order valence-corrected chi connectivity index (χ4v) is 3.95. The van der Waals surface area contributed by atoms with Crippen molar-refractivity contribution >= 4 is 43.3 Å². The van der Waals surface area contributed by atoms with Crippen LogP contribution in [0.15, 0.2) is 39.9 Å². The number of rotatable bonds is 4. The first-order valence-electron chi connectivity index (χ1n) is 7.27. The van der Waals surface area contributed by atoms with Gasteiger partial charge in [-0.25, -0.2) is 4.98 Å². The highest BCUT2D eigenvalue weighted by Crippen LogP contribution is 2.36. The lowest BCUT2D eigenvalue weighted by Gasteiger charge is -2.05. The van der Waals surface area contributed by atoms with Gasteiger partial charge in [0.05, 0.1) is 18.3 Å². The largest absolute Gasteiger partial charge is 0.298 e. The Morgan fingerprint density at radius 2 is 2.00 bits per heavy atom. The normalized spacial score (nSPS) is 11.1. The van der Waals surface area contributed by atoms with Crippen molar-refractivity contribution in [3.8, 4) is 11.1 Å². The van der Waals surface area contributed by atoms with E-state index < -0.39 is 0 Å². The number of thiophene rings is 1. The zero-order valence-electron chi connectivity index (χ0n) is 12.8. The van der Waals surface area contributed by atoms with Gasteiger partial charge in [0.15, 0.2) is 0 Å². The maximum absolute atomic E-state index is 12.8. The molecule has 3 rings (SSSR count). The predicted octanol–water partition coefficient (Wildman–Crippen LogP) is 4.04. The van der Waals surface area contributed by atoms with Gasteiger partial charge in [0, 0.05) is 14.9 Å². The topological polar surface area (TPSA) is 52.0 Å². The highest BCUT2D eigenvalue weighted by Gasteiger charge is 2.18. The van der Waals surface area contributed by atoms with E-state index in [1.807, 2.05) is 24.3 Å². The highest BCUT2D eigenvalue weighted by atomic mass is 79.9. The molecule has 0 spiro atoms. The molecule has 0 unspecified atom stereocenters. The Morgan fingerprint density at radius 3 is 2.61 bits per heavy atom. The number of hydrogen-bond donors (Lipinski definition) is 0. The quantitative estimate of drug-likeness (QED) is 0.675. The third-order valence-corrected chi connectivity index (χ3v) is 5.37. The Kier molecular flexibility index (Phi) is 4.46. The summed E-state index contributed by atoms with van der Waals surface area (Å²) in [6, 6.07) is 7.91. The lowest BCUT2D eigenvalue weighted by Crippen LogP contribution is -2.23. The molecule has 0 saturated heterocycles. The van der Waals surface area contributed by atoms with Gasteiger partial charge in [0.2, 0.25) is 0 Å². The second-order valence-corrected chi connectivity index (χ2v) is 7.32. The smallest absolute Gasteiger partial charge is 0.263 e. The highest BCUT2D eigenvalue weighted by molar-refractivity contribution is 9.10. The number of fused-ring (bicyclic) bond motifs is 1. The van der Waals surface area contributed by atoms with Gasteiger partial charge in [-0.15, -0.1) is 11.3 Å². The second-order valence-electron chi connectivity index (χ2n) is 5.32. The number of nitrogens with zero attached hydrogens (tertiary/aromatic N) is 2. The number of carbonyl (C=O) groups excluding carboxylic acids is 1. The van der Waals surface area contributed by atoms with Crippen LogP contribution in [-0.4, -0.2) is 15.3 Å². The molecule has 0 amide bonds. The molecule has 4 nitrogen and oxygen atoms in total. The molecule has 0 fully saturated rings. The van der Waals surface area contributed by atoms with Gasteiger partial charge in [-0.1, -0.05) is 35.0 Å². The van der Waals surface area contributed by atoms with E-state index in [2.05, 4.69) is 27.8 Å². The summed E-state index contributed by atoms with van der Waals surface area (Å²) in [7, 11) is 0. The van der Waals surface area contributed by atoms with Crippen LogP contribution in [0, 0.1) is 0 Å². The molecule has 0 N–H and O–H groups in total. The van der Waals surface area contributed by atoms with Gasteiger partial charge in [0.25, 0.3) is 5.56 Å². The molecule has 2 heterocycles. The van der Waals surface area contributed by atoms with E-state index in [1.165, 1.54) is 17.8 Å². The Morgan fingerprint density at radius 1 is 1.30 bits per heavy atom. The zero-order valence-corrected chi connectivity index (χ0v) is 15.2. The van der Waals surface area contributed by atoms with Crippen molar-refractivity contribution in [2.75, 3.05) is 0 Å². The third-order valence-electron chi connectivity index (χ3n) is 3.60. The molecule has 6 heteroatoms. The minimum Gasteiger partial charge on any atom is -0.298 e. The van der Waals surface area contributed by atoms with Crippen molar-refractivity contribution in [1.29, 1.82) is 0 Å². The first-order valence-corrected chi connectivity index (χ1v) is 8.88. The zero-order chi connectivity index (χ0) is 16.6. The van der Waals surface area contributed by atoms with Crippen LogP contribution in [0.3, 0.4) is 0 Å². The van der Waals surface area contributed by atoms with Crippen molar-refractivity contribution in [3.05, 3.63) is 50.3 Å². The van der Waals surface area contributed by atoms with Crippen LogP contribution in [0.25, 0.3) is 21.3 Å². The molecule has 0 aliphatic rings. The van der Waals surface area contributed by atoms with Crippen molar-refractivity contribution in [2.24, 2.45) is 0 Å². The summed E-state index contributed by atoms with van der Waals surface area (Å²) in [5, 5.41) is 0.609. The monoisotopic (exact) mass is 390 g/mol. The molecular formula is C17H15BrN2O2S. The first-order chi connectivity index (χ1) is 11.0. The Bertz CT molecular complexity index is 942. The van der Waals surface area contributed by atoms with Crippen LogP contribution in [0.4, 0.5) is 0 Å². The van der Waals surface area contributed by atoms with Crippen molar-refractivity contribution in [3.63, 3.8) is 0 Å². The van der Waals surface area contributed by atoms with E-state index in [9.17, 15) is 9.59 Å². The standard InChI is InChI=1S/C17H15BrN2O2S/c1-3-13-14(11-4-6-12(18)7-5-11)15-16(23-13)19-9-20(17(15)22)8-10(2)21/h4-7,9H,3,8H2,1-2H3. The molecule has 0 radical (unpaired) electrons. The summed E-state index contributed by atoms with van der Waals surface area (Å²) < 4.78 is 2.38. The Balaban J connectivity index is 2.32. The molecule has 3 aromatic rings. The van der Waals surface area contributed by atoms with E-state index in [4.69, 9.17) is 0 Å². The minimum absolute atomic E-state index is 0.0544. The number of Topliss-reactive ketones (excluding diaryl/α,β-unsaturated/α-hetero) is 1. The fourth-order valence-electron chi connectivity index (χ4n) is 2.60. The minimum atomic E-state index is -0.154. The van der Waals surface area contributed by atoms with E-state index in [-0.39, 0.29) is 17.9 Å². The molecule has 23 heavy (non-hydrogen) atoms. The lowest BCUT2D eigenvalue weighted by atomic mass is 10.0. The van der Waals surface area contributed by atoms with E-state index >= 15 is 0 Å². The van der Waals surface area contributed by atoms with Crippen molar-refractivity contribution in [2.45, 2.75) is 26.8 Å². The lowest BCUT2D eigenvalue weighted by molar-refractivity contribution is -0.117. The molecular weight excluding hydrogens is 376 g/mol. The van der Waals surface area contributed by atoms with Crippen LogP contribution in [-0.2, 0) is 17.8 Å². The Labute approximate surface area is 145 Å². The van der Waals surface area contributed by atoms with Crippen molar-refractivity contribution in [1.82, 2.24) is 9.55 Å². The van der Waals surface area contributed by atoms with E-state index in [0.717, 1.165) is 31.7 Å². The first kappa shape index (κ1) is 16.1. The van der Waals surface area contributed by atoms with Gasteiger partial charge < -0.3 is 0 Å². The molecule has 0 aliphatic heterocycles. The number of halogens is 1. The van der Waals surface area contributed by atoms with Gasteiger partial charge in [-0.3, -0.25) is 14.2 Å². The molecule has 1 aromatic carbocycles.